The Morgan fingerprint density at radius 3 is 2.23 bits per heavy atom. The number of aromatic amines is 1. The first kappa shape index (κ1) is 31.0. The molecule has 1 aliphatic rings. The first-order valence-corrected chi connectivity index (χ1v) is 14.1. The van der Waals surface area contributed by atoms with Gasteiger partial charge in [-0.2, -0.15) is 0 Å². The minimum absolute atomic E-state index is 0.00760. The lowest BCUT2D eigenvalue weighted by molar-refractivity contribution is -0.142. The molecule has 4 amide bonds. The number of nitrogens with one attached hydrogen (secondary N) is 5. The smallest absolute Gasteiger partial charge is 0.326 e. The minimum Gasteiger partial charge on any atom is -0.508 e. The van der Waals surface area contributed by atoms with Crippen molar-refractivity contribution in [2.75, 3.05) is 6.54 Å². The number of hydrogen-bond acceptors (Lipinski definition) is 7. The summed E-state index contributed by atoms with van der Waals surface area (Å²) in [5.41, 5.74) is 7.38. The quantitative estimate of drug-likeness (QED) is 0.129. The summed E-state index contributed by atoms with van der Waals surface area (Å²) >= 11 is 0. The van der Waals surface area contributed by atoms with Crippen LogP contribution in [0.2, 0.25) is 0 Å². The number of amides is 4. The average Bonchev–Trinajstić information content (AvgIpc) is 3.66. The van der Waals surface area contributed by atoms with Gasteiger partial charge in [-0.1, -0.05) is 30.3 Å². The summed E-state index contributed by atoms with van der Waals surface area (Å²) in [6, 6.07) is 9.34. The number of carbonyl (C=O) groups is 5. The zero-order valence-corrected chi connectivity index (χ0v) is 23.5. The van der Waals surface area contributed by atoms with Gasteiger partial charge in [0.05, 0.1) is 6.04 Å². The largest absolute Gasteiger partial charge is 0.508 e. The van der Waals surface area contributed by atoms with Gasteiger partial charge in [0.15, 0.2) is 0 Å². The van der Waals surface area contributed by atoms with Crippen molar-refractivity contribution in [1.82, 2.24) is 26.3 Å². The van der Waals surface area contributed by atoms with Gasteiger partial charge >= 0.3 is 5.97 Å². The van der Waals surface area contributed by atoms with Crippen molar-refractivity contribution in [3.63, 3.8) is 0 Å². The summed E-state index contributed by atoms with van der Waals surface area (Å²) < 4.78 is 0. The van der Waals surface area contributed by atoms with Crippen LogP contribution in [0.4, 0.5) is 0 Å². The number of fused-ring (bicyclic) bond motifs is 1. The molecule has 2 heterocycles. The Hall–Kier alpha value is -4.91. The molecule has 1 saturated heterocycles. The Morgan fingerprint density at radius 2 is 1.58 bits per heavy atom. The van der Waals surface area contributed by atoms with Crippen LogP contribution in [0.1, 0.15) is 36.8 Å². The maximum absolute atomic E-state index is 13.8. The van der Waals surface area contributed by atoms with Crippen molar-refractivity contribution in [2.45, 2.75) is 62.7 Å². The zero-order chi connectivity index (χ0) is 30.9. The molecule has 4 unspecified atom stereocenters. The third-order valence-electron chi connectivity index (χ3n) is 7.41. The van der Waals surface area contributed by atoms with Crippen molar-refractivity contribution < 1.29 is 34.2 Å². The molecule has 43 heavy (non-hydrogen) atoms. The number of hydrogen-bond donors (Lipinski definition) is 8. The van der Waals surface area contributed by atoms with Gasteiger partial charge in [0.2, 0.25) is 23.6 Å². The Labute approximate surface area is 247 Å². The predicted molar refractivity (Wildman–Crippen MR) is 157 cm³/mol. The second-order valence-electron chi connectivity index (χ2n) is 10.6. The lowest BCUT2D eigenvalue weighted by Gasteiger charge is -2.25. The molecule has 3 aromatic rings. The lowest BCUT2D eigenvalue weighted by atomic mass is 10.0. The second kappa shape index (κ2) is 14.3. The van der Waals surface area contributed by atoms with E-state index >= 15 is 0 Å². The van der Waals surface area contributed by atoms with Gasteiger partial charge in [0, 0.05) is 36.4 Å². The number of carbonyl (C=O) groups excluding carboxylic acids is 4. The van der Waals surface area contributed by atoms with E-state index < -0.39 is 47.9 Å². The molecule has 0 radical (unpaired) electrons. The van der Waals surface area contributed by atoms with Gasteiger partial charge in [-0.15, -0.1) is 0 Å². The molecule has 1 aromatic heterocycles. The average molecular weight is 593 g/mol. The predicted octanol–water partition coefficient (Wildman–Crippen LogP) is 0.215. The van der Waals surface area contributed by atoms with Crippen LogP contribution in [0.25, 0.3) is 10.9 Å². The van der Waals surface area contributed by atoms with E-state index in [1.165, 1.54) is 12.1 Å². The third-order valence-corrected chi connectivity index (χ3v) is 7.41. The van der Waals surface area contributed by atoms with E-state index in [2.05, 4.69) is 26.3 Å². The fraction of sp³-hybridized carbons (Fsp3) is 0.367. The summed E-state index contributed by atoms with van der Waals surface area (Å²) in [5.74, 6) is -3.85. The fourth-order valence-corrected chi connectivity index (χ4v) is 5.08. The molecule has 0 bridgehead atoms. The summed E-state index contributed by atoms with van der Waals surface area (Å²) in [6.45, 7) is 0.687. The normalized spacial score (nSPS) is 16.6. The number of carboxylic acid groups (broad SMARTS) is 1. The first-order chi connectivity index (χ1) is 20.6. The van der Waals surface area contributed by atoms with Gasteiger partial charge in [0.25, 0.3) is 0 Å². The van der Waals surface area contributed by atoms with Crippen molar-refractivity contribution in [1.29, 1.82) is 0 Å². The summed E-state index contributed by atoms with van der Waals surface area (Å²) in [6.07, 6.45) is 2.80. The lowest BCUT2D eigenvalue weighted by Crippen LogP contribution is -2.58. The van der Waals surface area contributed by atoms with Crippen LogP contribution < -0.4 is 27.0 Å². The van der Waals surface area contributed by atoms with Crippen LogP contribution >= 0.6 is 0 Å². The number of rotatable bonds is 14. The fourth-order valence-electron chi connectivity index (χ4n) is 5.08. The van der Waals surface area contributed by atoms with E-state index in [0.717, 1.165) is 22.9 Å². The number of nitrogens with two attached hydrogens (primary N) is 1. The Balaban J connectivity index is 1.58. The highest BCUT2D eigenvalue weighted by atomic mass is 16.4. The molecule has 1 fully saturated rings. The first-order valence-electron chi connectivity index (χ1n) is 14.1. The highest BCUT2D eigenvalue weighted by molar-refractivity contribution is 5.95. The van der Waals surface area contributed by atoms with Gasteiger partial charge < -0.3 is 42.2 Å². The summed E-state index contributed by atoms with van der Waals surface area (Å²) in [4.78, 5) is 66.4. The van der Waals surface area contributed by atoms with Crippen LogP contribution in [0, 0.1) is 0 Å². The number of H-pyrrole nitrogens is 1. The molecule has 13 heteroatoms. The van der Waals surface area contributed by atoms with Crippen LogP contribution in [-0.4, -0.2) is 75.5 Å². The van der Waals surface area contributed by atoms with E-state index in [9.17, 15) is 34.2 Å². The van der Waals surface area contributed by atoms with E-state index in [1.807, 2.05) is 24.3 Å². The van der Waals surface area contributed by atoms with E-state index in [-0.39, 0.29) is 37.3 Å². The van der Waals surface area contributed by atoms with Crippen molar-refractivity contribution in [3.8, 4) is 5.75 Å². The molecule has 0 aliphatic carbocycles. The molecule has 2 aromatic carbocycles. The molecule has 4 rings (SSSR count). The van der Waals surface area contributed by atoms with Gasteiger partial charge in [0.1, 0.15) is 23.9 Å². The number of aromatic hydroxyl groups is 1. The molecule has 13 nitrogen and oxygen atoms in total. The molecule has 1 aliphatic heterocycles. The van der Waals surface area contributed by atoms with Gasteiger partial charge in [-0.3, -0.25) is 19.2 Å². The number of carboxylic acids is 1. The maximum Gasteiger partial charge on any atom is 0.326 e. The SMILES string of the molecule is NC(=O)CCC(NC(=O)C(Cc1ccc(O)cc1)NC(=O)C(Cc1c[nH]c2ccccc12)NC(=O)C1CCCN1)C(=O)O. The molecule has 0 saturated carbocycles. The Kier molecular flexibility index (Phi) is 10.3. The standard InChI is InChI=1S/C30H36N6O7/c31-26(38)12-11-23(30(42)43)34-28(40)24(14-17-7-9-19(37)10-8-17)35-29(41)25(36-27(39)22-6-3-13-32-22)15-18-16-33-21-5-2-1-4-20(18)21/h1-2,4-5,7-10,16,22-25,32-33,37H,3,6,11-15H2,(H2,31,38)(H,34,40)(H,35,41)(H,36,39)(H,42,43). The van der Waals surface area contributed by atoms with E-state index in [1.54, 1.807) is 18.3 Å². The summed E-state index contributed by atoms with van der Waals surface area (Å²) in [5, 5.41) is 31.2. The molecule has 9 N–H and O–H groups in total. The Morgan fingerprint density at radius 1 is 0.907 bits per heavy atom. The number of aromatic nitrogens is 1. The Bertz CT molecular complexity index is 1470. The monoisotopic (exact) mass is 592 g/mol. The molecule has 228 valence electrons. The molecular weight excluding hydrogens is 556 g/mol. The number of benzene rings is 2. The highest BCUT2D eigenvalue weighted by Gasteiger charge is 2.32. The van der Waals surface area contributed by atoms with E-state index in [0.29, 0.717) is 18.5 Å². The number of para-hydroxylation sites is 1. The highest BCUT2D eigenvalue weighted by Crippen LogP contribution is 2.20. The number of phenols is 1. The van der Waals surface area contributed by atoms with Crippen molar-refractivity contribution >= 4 is 40.5 Å². The van der Waals surface area contributed by atoms with Crippen LogP contribution in [0.3, 0.4) is 0 Å². The number of phenolic OH excluding ortho intramolecular Hbond substituents is 1. The van der Waals surface area contributed by atoms with Crippen LogP contribution in [-0.2, 0) is 36.8 Å². The minimum atomic E-state index is -1.42. The molecule has 0 spiro atoms. The van der Waals surface area contributed by atoms with Gasteiger partial charge in [-0.05, 0) is 55.1 Å². The molecular formula is C30H36N6O7. The number of aliphatic carboxylic acids is 1. The van der Waals surface area contributed by atoms with Gasteiger partial charge in [-0.25, -0.2) is 4.79 Å². The maximum atomic E-state index is 13.8. The van der Waals surface area contributed by atoms with Crippen LogP contribution in [0.5, 0.6) is 5.75 Å². The third kappa shape index (κ3) is 8.55. The van der Waals surface area contributed by atoms with Crippen molar-refractivity contribution in [3.05, 3.63) is 65.9 Å². The summed E-state index contributed by atoms with van der Waals surface area (Å²) in [7, 11) is 0. The van der Waals surface area contributed by atoms with Crippen molar-refractivity contribution in [2.24, 2.45) is 5.73 Å². The van der Waals surface area contributed by atoms with E-state index in [4.69, 9.17) is 5.73 Å². The topological polar surface area (TPSA) is 216 Å². The second-order valence-corrected chi connectivity index (χ2v) is 10.6. The van der Waals surface area contributed by atoms with Crippen LogP contribution in [0.15, 0.2) is 54.7 Å². The number of primary amides is 1. The molecule has 4 atom stereocenters. The zero-order valence-electron chi connectivity index (χ0n) is 23.5.